The van der Waals surface area contributed by atoms with Gasteiger partial charge in [-0.2, -0.15) is 18.4 Å². The normalized spacial score (nSPS) is 21.4. The zero-order valence-electron chi connectivity index (χ0n) is 17.0. The second-order valence-corrected chi connectivity index (χ2v) is 8.40. The summed E-state index contributed by atoms with van der Waals surface area (Å²) in [5.41, 5.74) is -0.129. The Balaban J connectivity index is 1.83. The minimum Gasteiger partial charge on any atom is -0.383 e. The van der Waals surface area contributed by atoms with Gasteiger partial charge in [0.1, 0.15) is 6.07 Å². The number of hydrogen-bond donors (Lipinski definition) is 1. The smallest absolute Gasteiger partial charge is 0.383 e. The molecular weight excluding hydrogens is 393 g/mol. The Hall–Kier alpha value is -2.50. The van der Waals surface area contributed by atoms with Gasteiger partial charge in [0.05, 0.1) is 16.8 Å². The van der Waals surface area contributed by atoms with Crippen LogP contribution in [0.15, 0.2) is 42.7 Å². The lowest BCUT2D eigenvalue weighted by Gasteiger charge is -2.39. The van der Waals surface area contributed by atoms with Crippen molar-refractivity contribution in [2.75, 3.05) is 13.1 Å². The SMILES string of the molecule is CC(C)(c1ccccn1)N1CC[C@@](CCc2ccc(C#N)cn2)([C@@H](O)C(F)(F)F)C1. The largest absolute Gasteiger partial charge is 0.414 e. The number of rotatable bonds is 6. The summed E-state index contributed by atoms with van der Waals surface area (Å²) in [6, 6.07) is 10.7. The fourth-order valence-corrected chi connectivity index (χ4v) is 4.19. The molecule has 2 atom stereocenters. The van der Waals surface area contributed by atoms with E-state index in [0.717, 1.165) is 5.69 Å². The van der Waals surface area contributed by atoms with E-state index in [9.17, 15) is 18.3 Å². The highest BCUT2D eigenvalue weighted by molar-refractivity contribution is 5.26. The number of halogens is 3. The Morgan fingerprint density at radius 3 is 2.57 bits per heavy atom. The van der Waals surface area contributed by atoms with Gasteiger partial charge in [0.25, 0.3) is 0 Å². The number of aryl methyl sites for hydroxylation is 1. The van der Waals surface area contributed by atoms with Gasteiger partial charge in [-0.15, -0.1) is 0 Å². The first-order valence-corrected chi connectivity index (χ1v) is 9.85. The van der Waals surface area contributed by atoms with Crippen molar-refractivity contribution in [2.24, 2.45) is 5.41 Å². The molecule has 0 radical (unpaired) electrons. The molecule has 1 N–H and O–H groups in total. The molecule has 1 saturated heterocycles. The fraction of sp³-hybridized carbons (Fsp3) is 0.500. The summed E-state index contributed by atoms with van der Waals surface area (Å²) in [6.07, 6.45) is -3.40. The Morgan fingerprint density at radius 1 is 1.23 bits per heavy atom. The number of aliphatic hydroxyl groups excluding tert-OH is 1. The van der Waals surface area contributed by atoms with Gasteiger partial charge in [0.15, 0.2) is 6.10 Å². The first-order chi connectivity index (χ1) is 14.1. The molecular formula is C22H25F3N4O. The van der Waals surface area contributed by atoms with E-state index >= 15 is 0 Å². The van der Waals surface area contributed by atoms with Crippen molar-refractivity contribution in [3.8, 4) is 6.07 Å². The van der Waals surface area contributed by atoms with Crippen LogP contribution in [0.3, 0.4) is 0 Å². The molecule has 0 spiro atoms. The number of nitrogens with zero attached hydrogens (tertiary/aromatic N) is 4. The minimum atomic E-state index is -4.71. The lowest BCUT2D eigenvalue weighted by molar-refractivity contribution is -0.239. The van der Waals surface area contributed by atoms with Crippen LogP contribution in [0.25, 0.3) is 0 Å². The first kappa shape index (κ1) is 22.2. The third-order valence-electron chi connectivity index (χ3n) is 6.19. The quantitative estimate of drug-likeness (QED) is 0.772. The third kappa shape index (κ3) is 4.47. The van der Waals surface area contributed by atoms with Gasteiger partial charge >= 0.3 is 6.18 Å². The van der Waals surface area contributed by atoms with E-state index in [4.69, 9.17) is 5.26 Å². The van der Waals surface area contributed by atoms with Gasteiger partial charge in [-0.05, 0) is 63.9 Å². The number of hydrogen-bond acceptors (Lipinski definition) is 5. The van der Waals surface area contributed by atoms with Crippen molar-refractivity contribution in [1.82, 2.24) is 14.9 Å². The number of alkyl halides is 3. The van der Waals surface area contributed by atoms with Crippen molar-refractivity contribution in [1.29, 1.82) is 5.26 Å². The van der Waals surface area contributed by atoms with Gasteiger partial charge in [-0.3, -0.25) is 14.9 Å². The Kier molecular flexibility index (Phi) is 6.16. The lowest BCUT2D eigenvalue weighted by atomic mass is 9.76. The van der Waals surface area contributed by atoms with E-state index in [0.29, 0.717) is 17.8 Å². The molecule has 0 aromatic carbocycles. The van der Waals surface area contributed by atoms with E-state index in [1.165, 1.54) is 6.20 Å². The maximum absolute atomic E-state index is 13.6. The average Bonchev–Trinajstić information content (AvgIpc) is 3.18. The molecule has 0 aliphatic carbocycles. The molecule has 8 heteroatoms. The molecule has 1 aliphatic rings. The summed E-state index contributed by atoms with van der Waals surface area (Å²) in [5, 5.41) is 19.2. The Bertz CT molecular complexity index is 893. The lowest BCUT2D eigenvalue weighted by Crippen LogP contribution is -2.49. The molecule has 0 amide bonds. The summed E-state index contributed by atoms with van der Waals surface area (Å²) in [6.45, 7) is 4.41. The second kappa shape index (κ2) is 8.32. The zero-order chi connectivity index (χ0) is 22.0. The van der Waals surface area contributed by atoms with Crippen LogP contribution in [0.4, 0.5) is 13.2 Å². The van der Waals surface area contributed by atoms with E-state index in [-0.39, 0.29) is 25.8 Å². The highest BCUT2D eigenvalue weighted by atomic mass is 19.4. The minimum absolute atomic E-state index is 0.105. The van der Waals surface area contributed by atoms with E-state index < -0.39 is 23.2 Å². The molecule has 2 aromatic heterocycles. The maximum atomic E-state index is 13.6. The second-order valence-electron chi connectivity index (χ2n) is 8.40. The van der Waals surface area contributed by atoms with Crippen molar-refractivity contribution in [2.45, 2.75) is 50.9 Å². The number of nitriles is 1. The molecule has 1 fully saturated rings. The molecule has 2 aromatic rings. The molecule has 0 bridgehead atoms. The summed E-state index contributed by atoms with van der Waals surface area (Å²) in [7, 11) is 0. The van der Waals surface area contributed by atoms with E-state index in [1.54, 1.807) is 24.4 Å². The maximum Gasteiger partial charge on any atom is 0.414 e. The number of aromatic nitrogens is 2. The standard InChI is InChI=1S/C22H25F3N4O/c1-20(2,18-5-3-4-11-27-18)29-12-10-21(15-29,19(30)22(23,24)25)9-8-17-7-6-16(13-26)14-28-17/h3-7,11,14,19,30H,8-10,12,15H2,1-2H3/t19-,21-/m1/s1. The summed E-state index contributed by atoms with van der Waals surface area (Å²) in [4.78, 5) is 10.5. The molecule has 30 heavy (non-hydrogen) atoms. The number of pyridine rings is 2. The first-order valence-electron chi connectivity index (χ1n) is 9.85. The van der Waals surface area contributed by atoms with Crippen molar-refractivity contribution < 1.29 is 18.3 Å². The third-order valence-corrected chi connectivity index (χ3v) is 6.19. The van der Waals surface area contributed by atoms with Crippen LogP contribution in [0.2, 0.25) is 0 Å². The molecule has 3 heterocycles. The monoisotopic (exact) mass is 418 g/mol. The van der Waals surface area contributed by atoms with Gasteiger partial charge in [-0.25, -0.2) is 0 Å². The summed E-state index contributed by atoms with van der Waals surface area (Å²) < 4.78 is 40.8. The van der Waals surface area contributed by atoms with Crippen LogP contribution in [-0.4, -0.2) is 45.3 Å². The van der Waals surface area contributed by atoms with Crippen LogP contribution in [0, 0.1) is 16.7 Å². The summed E-state index contributed by atoms with van der Waals surface area (Å²) in [5.74, 6) is 0. The van der Waals surface area contributed by atoms with Gasteiger partial charge in [-0.1, -0.05) is 6.07 Å². The molecule has 5 nitrogen and oxygen atoms in total. The van der Waals surface area contributed by atoms with Crippen LogP contribution in [-0.2, 0) is 12.0 Å². The fourth-order valence-electron chi connectivity index (χ4n) is 4.19. The van der Waals surface area contributed by atoms with Gasteiger partial charge < -0.3 is 5.11 Å². The Morgan fingerprint density at radius 2 is 2.00 bits per heavy atom. The predicted molar refractivity (Wildman–Crippen MR) is 105 cm³/mol. The molecule has 3 rings (SSSR count). The van der Waals surface area contributed by atoms with Crippen LogP contribution in [0.1, 0.15) is 43.6 Å². The van der Waals surface area contributed by atoms with Crippen molar-refractivity contribution in [3.63, 3.8) is 0 Å². The van der Waals surface area contributed by atoms with Crippen LogP contribution < -0.4 is 0 Å². The average molecular weight is 418 g/mol. The molecule has 1 aliphatic heterocycles. The topological polar surface area (TPSA) is 73.0 Å². The van der Waals surface area contributed by atoms with Gasteiger partial charge in [0.2, 0.25) is 0 Å². The Labute approximate surface area is 174 Å². The van der Waals surface area contributed by atoms with E-state index in [2.05, 4.69) is 9.97 Å². The van der Waals surface area contributed by atoms with Gasteiger partial charge in [0, 0.05) is 30.0 Å². The van der Waals surface area contributed by atoms with E-state index in [1.807, 2.05) is 36.9 Å². The number of likely N-dealkylation sites (tertiary alicyclic amines) is 1. The molecule has 0 unspecified atom stereocenters. The highest BCUT2D eigenvalue weighted by Crippen LogP contribution is 2.47. The molecule has 0 saturated carbocycles. The number of aliphatic hydroxyl groups is 1. The molecule has 160 valence electrons. The van der Waals surface area contributed by atoms with Crippen LogP contribution in [0.5, 0.6) is 0 Å². The van der Waals surface area contributed by atoms with Crippen molar-refractivity contribution >= 4 is 0 Å². The van der Waals surface area contributed by atoms with Crippen molar-refractivity contribution in [3.05, 3.63) is 59.7 Å². The van der Waals surface area contributed by atoms with Crippen LogP contribution >= 0.6 is 0 Å². The highest BCUT2D eigenvalue weighted by Gasteiger charge is 2.56. The predicted octanol–water partition coefficient (Wildman–Crippen LogP) is 3.83. The summed E-state index contributed by atoms with van der Waals surface area (Å²) >= 11 is 0. The zero-order valence-corrected chi connectivity index (χ0v) is 17.0.